The summed E-state index contributed by atoms with van der Waals surface area (Å²) in [5.41, 5.74) is 1.19. The fraction of sp³-hybridized carbons (Fsp3) is 0.571. The SMILES string of the molecule is CCNC1CCC(S(=O)Cc2ccccc2)C1. The Morgan fingerprint density at radius 3 is 2.76 bits per heavy atom. The summed E-state index contributed by atoms with van der Waals surface area (Å²) in [4.78, 5) is 0. The van der Waals surface area contributed by atoms with Crippen molar-refractivity contribution in [1.82, 2.24) is 5.32 Å². The van der Waals surface area contributed by atoms with Crippen LogP contribution in [0.5, 0.6) is 0 Å². The highest BCUT2D eigenvalue weighted by molar-refractivity contribution is 7.84. The Kier molecular flexibility index (Phi) is 4.75. The lowest BCUT2D eigenvalue weighted by Crippen LogP contribution is -2.27. The van der Waals surface area contributed by atoms with Crippen molar-refractivity contribution in [1.29, 1.82) is 0 Å². The van der Waals surface area contributed by atoms with Gasteiger partial charge in [-0.15, -0.1) is 0 Å². The van der Waals surface area contributed by atoms with Gasteiger partial charge in [-0.3, -0.25) is 4.21 Å². The molecule has 0 amide bonds. The van der Waals surface area contributed by atoms with Crippen molar-refractivity contribution < 1.29 is 4.21 Å². The van der Waals surface area contributed by atoms with Gasteiger partial charge in [0.2, 0.25) is 0 Å². The molecule has 1 N–H and O–H groups in total. The number of hydrogen-bond donors (Lipinski definition) is 1. The first-order valence-corrected chi connectivity index (χ1v) is 7.82. The molecule has 17 heavy (non-hydrogen) atoms. The van der Waals surface area contributed by atoms with Crippen LogP contribution in [0.1, 0.15) is 31.7 Å². The van der Waals surface area contributed by atoms with E-state index in [9.17, 15) is 4.21 Å². The Morgan fingerprint density at radius 2 is 2.06 bits per heavy atom. The van der Waals surface area contributed by atoms with E-state index in [1.165, 1.54) is 12.0 Å². The van der Waals surface area contributed by atoms with Gasteiger partial charge in [-0.05, 0) is 31.4 Å². The summed E-state index contributed by atoms with van der Waals surface area (Å²) in [7, 11) is -0.711. The molecule has 0 aromatic heterocycles. The molecule has 1 fully saturated rings. The third-order valence-electron chi connectivity index (χ3n) is 3.40. The zero-order valence-corrected chi connectivity index (χ0v) is 11.2. The Labute approximate surface area is 106 Å². The van der Waals surface area contributed by atoms with Gasteiger partial charge in [-0.1, -0.05) is 37.3 Å². The van der Waals surface area contributed by atoms with Crippen LogP contribution in [0.25, 0.3) is 0 Å². The van der Waals surface area contributed by atoms with E-state index in [4.69, 9.17) is 0 Å². The molecule has 3 atom stereocenters. The second kappa shape index (κ2) is 6.31. The number of nitrogens with one attached hydrogen (secondary N) is 1. The molecule has 94 valence electrons. The Balaban J connectivity index is 1.85. The highest BCUT2D eigenvalue weighted by Gasteiger charge is 2.28. The fourth-order valence-corrected chi connectivity index (χ4v) is 4.11. The van der Waals surface area contributed by atoms with E-state index in [0.29, 0.717) is 17.0 Å². The summed E-state index contributed by atoms with van der Waals surface area (Å²) in [5.74, 6) is 0.713. The van der Waals surface area contributed by atoms with Gasteiger partial charge in [0.1, 0.15) is 0 Å². The van der Waals surface area contributed by atoms with Crippen molar-refractivity contribution >= 4 is 10.8 Å². The average molecular weight is 251 g/mol. The van der Waals surface area contributed by atoms with E-state index in [0.717, 1.165) is 19.4 Å². The second-order valence-electron chi connectivity index (χ2n) is 4.70. The van der Waals surface area contributed by atoms with Crippen molar-refractivity contribution in [3.05, 3.63) is 35.9 Å². The van der Waals surface area contributed by atoms with E-state index < -0.39 is 10.8 Å². The van der Waals surface area contributed by atoms with Gasteiger partial charge in [0.15, 0.2) is 0 Å². The highest BCUT2D eigenvalue weighted by atomic mass is 32.2. The Hall–Kier alpha value is -0.670. The van der Waals surface area contributed by atoms with Crippen LogP contribution < -0.4 is 5.32 Å². The Morgan fingerprint density at radius 1 is 1.29 bits per heavy atom. The van der Waals surface area contributed by atoms with Crippen molar-refractivity contribution in [3.63, 3.8) is 0 Å². The summed E-state index contributed by atoms with van der Waals surface area (Å²) >= 11 is 0. The molecule has 0 saturated heterocycles. The quantitative estimate of drug-likeness (QED) is 0.871. The standard InChI is InChI=1S/C14H21NOS/c1-2-15-13-8-9-14(10-13)17(16)11-12-6-4-3-5-7-12/h3-7,13-15H,2,8-11H2,1H3. The molecule has 3 unspecified atom stereocenters. The van der Waals surface area contributed by atoms with Crippen LogP contribution in [0.4, 0.5) is 0 Å². The molecule has 1 saturated carbocycles. The maximum absolute atomic E-state index is 12.2. The zero-order valence-electron chi connectivity index (χ0n) is 10.4. The lowest BCUT2D eigenvalue weighted by molar-refractivity contribution is 0.542. The molecule has 1 aromatic rings. The number of rotatable bonds is 5. The van der Waals surface area contributed by atoms with E-state index in [-0.39, 0.29) is 0 Å². The summed E-state index contributed by atoms with van der Waals surface area (Å²) in [6.45, 7) is 3.15. The molecule has 1 aliphatic carbocycles. The predicted octanol–water partition coefficient (Wildman–Crippen LogP) is 2.47. The summed E-state index contributed by atoms with van der Waals surface area (Å²) in [6.07, 6.45) is 3.36. The fourth-order valence-electron chi connectivity index (χ4n) is 2.51. The minimum atomic E-state index is -0.711. The minimum absolute atomic E-state index is 0.388. The van der Waals surface area contributed by atoms with E-state index >= 15 is 0 Å². The maximum atomic E-state index is 12.2. The predicted molar refractivity (Wildman–Crippen MR) is 73.4 cm³/mol. The topological polar surface area (TPSA) is 29.1 Å². The second-order valence-corrected chi connectivity index (χ2v) is 6.42. The van der Waals surface area contributed by atoms with Gasteiger partial charge in [0.05, 0.1) is 0 Å². The molecule has 0 heterocycles. The normalized spacial score (nSPS) is 25.9. The third-order valence-corrected chi connectivity index (χ3v) is 5.19. The van der Waals surface area contributed by atoms with E-state index in [1.54, 1.807) is 0 Å². The van der Waals surface area contributed by atoms with E-state index in [1.807, 2.05) is 18.2 Å². The van der Waals surface area contributed by atoms with Crippen LogP contribution in [-0.4, -0.2) is 22.0 Å². The van der Waals surface area contributed by atoms with Crippen molar-refractivity contribution in [3.8, 4) is 0 Å². The van der Waals surface area contributed by atoms with Gasteiger partial charge in [0.25, 0.3) is 0 Å². The molecule has 0 radical (unpaired) electrons. The lowest BCUT2D eigenvalue weighted by atomic mass is 10.2. The minimum Gasteiger partial charge on any atom is -0.314 e. The summed E-state index contributed by atoms with van der Waals surface area (Å²) < 4.78 is 12.2. The molecule has 3 heteroatoms. The molecule has 0 aliphatic heterocycles. The van der Waals surface area contributed by atoms with Crippen molar-refractivity contribution in [2.24, 2.45) is 0 Å². The van der Waals surface area contributed by atoms with Crippen LogP contribution in [0.15, 0.2) is 30.3 Å². The van der Waals surface area contributed by atoms with Gasteiger partial charge >= 0.3 is 0 Å². The van der Waals surface area contributed by atoms with E-state index in [2.05, 4.69) is 24.4 Å². The molecule has 0 bridgehead atoms. The number of hydrogen-bond acceptors (Lipinski definition) is 2. The first kappa shape index (κ1) is 12.8. The van der Waals surface area contributed by atoms with Crippen LogP contribution in [0, 0.1) is 0 Å². The van der Waals surface area contributed by atoms with Gasteiger partial charge in [-0.25, -0.2) is 0 Å². The van der Waals surface area contributed by atoms with Crippen molar-refractivity contribution in [2.75, 3.05) is 6.54 Å². The largest absolute Gasteiger partial charge is 0.314 e. The average Bonchev–Trinajstić information content (AvgIpc) is 2.79. The molecule has 2 rings (SSSR count). The molecule has 1 aliphatic rings. The first-order valence-electron chi connectivity index (χ1n) is 6.44. The summed E-state index contributed by atoms with van der Waals surface area (Å²) in [6, 6.07) is 10.8. The monoisotopic (exact) mass is 251 g/mol. The van der Waals surface area contributed by atoms with Crippen LogP contribution >= 0.6 is 0 Å². The smallest absolute Gasteiger partial charge is 0.0488 e. The highest BCUT2D eigenvalue weighted by Crippen LogP contribution is 2.25. The van der Waals surface area contributed by atoms with Gasteiger partial charge < -0.3 is 5.32 Å². The first-order chi connectivity index (χ1) is 8.29. The molecule has 0 spiro atoms. The van der Waals surface area contributed by atoms with Gasteiger partial charge in [-0.2, -0.15) is 0 Å². The molecular formula is C14H21NOS. The van der Waals surface area contributed by atoms with Crippen LogP contribution in [-0.2, 0) is 16.6 Å². The van der Waals surface area contributed by atoms with Crippen molar-refractivity contribution in [2.45, 2.75) is 43.2 Å². The molecular weight excluding hydrogens is 230 g/mol. The molecule has 2 nitrogen and oxygen atoms in total. The van der Waals surface area contributed by atoms with Crippen LogP contribution in [0.2, 0.25) is 0 Å². The third kappa shape index (κ3) is 3.65. The number of benzene rings is 1. The maximum Gasteiger partial charge on any atom is 0.0488 e. The zero-order chi connectivity index (χ0) is 12.1. The van der Waals surface area contributed by atoms with Crippen LogP contribution in [0.3, 0.4) is 0 Å². The molecule has 1 aromatic carbocycles. The lowest BCUT2D eigenvalue weighted by Gasteiger charge is -2.12. The summed E-state index contributed by atoms with van der Waals surface area (Å²) in [5, 5.41) is 3.85. The Bertz CT molecular complexity index is 366. The van der Waals surface area contributed by atoms with Gasteiger partial charge in [0, 0.05) is 27.8 Å².